The highest BCUT2D eigenvalue weighted by atomic mass is 35.5. The van der Waals surface area contributed by atoms with E-state index in [1.165, 1.54) is 16.9 Å². The average molecular weight is 1350 g/mol. The van der Waals surface area contributed by atoms with E-state index >= 15 is 4.39 Å². The first kappa shape index (κ1) is 71.4. The van der Waals surface area contributed by atoms with Crippen molar-refractivity contribution in [3.8, 4) is 11.1 Å². The minimum atomic E-state index is -0.599. The van der Waals surface area contributed by atoms with Crippen molar-refractivity contribution >= 4 is 97.7 Å². The third-order valence-electron chi connectivity index (χ3n) is 16.1. The molecule has 2 aliphatic heterocycles. The first-order valence-corrected chi connectivity index (χ1v) is 32.7. The van der Waals surface area contributed by atoms with Crippen LogP contribution in [0.25, 0.3) is 32.9 Å². The molecule has 5 heterocycles. The lowest BCUT2D eigenvalue weighted by molar-refractivity contribution is -0.147. The number of piperazine rings is 1. The topological polar surface area (TPSA) is 301 Å². The Bertz CT molecular complexity index is 3750. The van der Waals surface area contributed by atoms with Gasteiger partial charge in [0.05, 0.1) is 119 Å². The van der Waals surface area contributed by atoms with E-state index in [-0.39, 0.29) is 75.4 Å². The highest BCUT2D eigenvalue weighted by Gasteiger charge is 2.30. The number of amides is 5. The Morgan fingerprint density at radius 1 is 0.688 bits per heavy atom. The van der Waals surface area contributed by atoms with E-state index in [9.17, 15) is 28.8 Å². The van der Waals surface area contributed by atoms with Gasteiger partial charge in [-0.3, -0.25) is 43.0 Å². The van der Waals surface area contributed by atoms with E-state index in [4.69, 9.17) is 45.1 Å². The number of carbonyl (C=O) groups excluding carboxylic acids is 6. The van der Waals surface area contributed by atoms with Crippen molar-refractivity contribution in [2.45, 2.75) is 58.1 Å². The van der Waals surface area contributed by atoms with E-state index in [1.807, 2.05) is 30.3 Å². The molecule has 0 aliphatic carbocycles. The number of hydrogen-bond acceptors (Lipinski definition) is 20. The van der Waals surface area contributed by atoms with Crippen molar-refractivity contribution < 1.29 is 61.6 Å². The molecule has 9 rings (SSSR count). The zero-order valence-electron chi connectivity index (χ0n) is 54.7. The number of ether oxygens (including phenoxy) is 6. The number of piperidine rings is 1. The predicted molar refractivity (Wildman–Crippen MR) is 360 cm³/mol. The fourth-order valence-electron chi connectivity index (χ4n) is 11.2. The maximum atomic E-state index is 16.0. The van der Waals surface area contributed by atoms with Crippen LogP contribution in [-0.2, 0) is 66.0 Å². The fraction of sp³-hybridized carbons (Fsp3) is 0.463. The maximum Gasteiger partial charge on any atom is 0.325 e. The quantitative estimate of drug-likeness (QED) is 0.0202. The van der Waals surface area contributed by atoms with Crippen LogP contribution in [0.15, 0.2) is 91.3 Å². The van der Waals surface area contributed by atoms with Crippen LogP contribution in [0.1, 0.15) is 61.5 Å². The Morgan fingerprint density at radius 2 is 1.36 bits per heavy atom. The van der Waals surface area contributed by atoms with Crippen LogP contribution in [0, 0.1) is 5.82 Å². The van der Waals surface area contributed by atoms with Crippen molar-refractivity contribution in [2.24, 2.45) is 7.05 Å². The van der Waals surface area contributed by atoms with Crippen LogP contribution < -0.4 is 36.8 Å². The summed E-state index contributed by atoms with van der Waals surface area (Å²) in [6, 6.07) is 23.8. The van der Waals surface area contributed by atoms with Gasteiger partial charge in [-0.1, -0.05) is 35.9 Å². The highest BCUT2D eigenvalue weighted by Crippen LogP contribution is 2.40. The SMILES string of the molecule is CNC(=O)c1ccccc1Nc1nc(Nc2ccc(N3CCN(CCOCCOCCOCCOCCOCCNC(=O)CCC(=O)N4CCC(c5nn(CC(=O)NCC(=O)NCC(=O)OC(C)C)c6cccc(-c7cc8c(cnn8C)cc7F)c56)CC4)CC3)cc2)ncc1Cl. The molecular formula is C67H85ClFN15O12. The molecule has 0 radical (unpaired) electrons. The Labute approximate surface area is 561 Å². The van der Waals surface area contributed by atoms with E-state index in [2.05, 4.69) is 68.9 Å². The van der Waals surface area contributed by atoms with Crippen molar-refractivity contribution in [3.05, 3.63) is 113 Å². The van der Waals surface area contributed by atoms with Gasteiger partial charge in [0.15, 0.2) is 5.82 Å². The molecule has 27 nitrogen and oxygen atoms in total. The number of nitrogens with one attached hydrogen (secondary N) is 6. The summed E-state index contributed by atoms with van der Waals surface area (Å²) in [6.07, 6.45) is 3.89. The van der Waals surface area contributed by atoms with Gasteiger partial charge in [-0.15, -0.1) is 0 Å². The smallest absolute Gasteiger partial charge is 0.325 e. The summed E-state index contributed by atoms with van der Waals surface area (Å²) in [7, 11) is 3.36. The number of para-hydroxylation sites is 1. The van der Waals surface area contributed by atoms with Crippen molar-refractivity contribution in [1.82, 2.24) is 60.6 Å². The van der Waals surface area contributed by atoms with Crippen molar-refractivity contribution in [1.29, 1.82) is 0 Å². The molecule has 96 heavy (non-hydrogen) atoms. The predicted octanol–water partition coefficient (Wildman–Crippen LogP) is 5.71. The zero-order valence-corrected chi connectivity index (χ0v) is 55.4. The number of esters is 1. The van der Waals surface area contributed by atoms with E-state index in [0.717, 1.165) is 49.6 Å². The van der Waals surface area contributed by atoms with Crippen LogP contribution in [0.3, 0.4) is 0 Å². The number of likely N-dealkylation sites (tertiary alicyclic amines) is 1. The van der Waals surface area contributed by atoms with Gasteiger partial charge in [0, 0.05) is 113 Å². The van der Waals surface area contributed by atoms with Gasteiger partial charge in [-0.25, -0.2) is 9.37 Å². The number of anilines is 5. The van der Waals surface area contributed by atoms with Gasteiger partial charge in [0.2, 0.25) is 29.6 Å². The zero-order chi connectivity index (χ0) is 67.8. The van der Waals surface area contributed by atoms with E-state index in [1.54, 1.807) is 74.1 Å². The molecule has 0 atom stereocenters. The lowest BCUT2D eigenvalue weighted by Crippen LogP contribution is -2.47. The Balaban J connectivity index is 0.579. The van der Waals surface area contributed by atoms with Gasteiger partial charge < -0.3 is 70.1 Å². The number of halogens is 2. The second kappa shape index (κ2) is 36.3. The van der Waals surface area contributed by atoms with Crippen molar-refractivity contribution in [3.63, 3.8) is 0 Å². The standard InChI is InChI=1S/C67H85ClFN15O12/c1-45(2)96-62(89)43-73-59(86)42-72-60(87)44-84-56-11-7-9-50(52-39-57-47(38-54(52)69)40-75-80(57)4)63(56)64(79-84)46-18-21-83(22-19-46)61(88)17-16-58(85)71-20-28-91-30-32-93-34-36-95-37-35-94-33-31-92-29-27-81-23-25-82(26-24-81)49-14-12-48(13-15-49)76-67-74-41-53(68)65(78-67)77-55-10-6-5-8-51(55)66(90)70-3/h5-15,38-41,45-46H,16-37,42-44H2,1-4H3,(H,70,90)(H,71,85)(H,72,87)(H,73,86)(H2,74,76,77,78). The van der Waals surface area contributed by atoms with Crippen molar-refractivity contribution in [2.75, 3.05) is 154 Å². The van der Waals surface area contributed by atoms with Crippen LogP contribution >= 0.6 is 11.6 Å². The Morgan fingerprint density at radius 3 is 2.06 bits per heavy atom. The molecule has 0 saturated carbocycles. The maximum absolute atomic E-state index is 16.0. The Hall–Kier alpha value is -8.90. The summed E-state index contributed by atoms with van der Waals surface area (Å²) in [5.41, 5.74) is 5.87. The van der Waals surface area contributed by atoms with Gasteiger partial charge in [-0.2, -0.15) is 15.2 Å². The van der Waals surface area contributed by atoms with E-state index < -0.39 is 23.6 Å². The fourth-order valence-corrected chi connectivity index (χ4v) is 11.3. The molecule has 7 aromatic rings. The van der Waals surface area contributed by atoms with Gasteiger partial charge in [0.25, 0.3) is 5.91 Å². The number of aryl methyl sites for hydroxylation is 1. The van der Waals surface area contributed by atoms with Crippen LogP contribution in [-0.4, -0.2) is 220 Å². The largest absolute Gasteiger partial charge is 0.462 e. The third kappa shape index (κ3) is 20.8. The third-order valence-corrected chi connectivity index (χ3v) is 16.4. The summed E-state index contributed by atoms with van der Waals surface area (Å²) >= 11 is 6.42. The number of fused-ring (bicyclic) bond motifs is 2. The second-order valence-electron chi connectivity index (χ2n) is 23.2. The molecule has 2 saturated heterocycles. The first-order chi connectivity index (χ1) is 46.6. The van der Waals surface area contributed by atoms with Gasteiger partial charge in [-0.05, 0) is 86.8 Å². The summed E-state index contributed by atoms with van der Waals surface area (Å²) in [4.78, 5) is 91.5. The number of hydrogen-bond donors (Lipinski definition) is 6. The molecule has 0 bridgehead atoms. The summed E-state index contributed by atoms with van der Waals surface area (Å²) in [5.74, 6) is -2.20. The monoisotopic (exact) mass is 1350 g/mol. The molecule has 29 heteroatoms. The minimum Gasteiger partial charge on any atom is -0.462 e. The molecule has 2 aliphatic rings. The molecule has 514 valence electrons. The van der Waals surface area contributed by atoms with Gasteiger partial charge in [0.1, 0.15) is 23.9 Å². The Kier molecular flexibility index (Phi) is 27.0. The highest BCUT2D eigenvalue weighted by molar-refractivity contribution is 6.33. The molecule has 0 spiro atoms. The van der Waals surface area contributed by atoms with Crippen LogP contribution in [0.4, 0.5) is 33.2 Å². The van der Waals surface area contributed by atoms with Crippen LogP contribution in [0.2, 0.25) is 5.02 Å². The minimum absolute atomic E-state index is 0.0209. The number of carbonyl (C=O) groups is 6. The number of nitrogens with zero attached hydrogens (tertiary/aromatic N) is 9. The number of aromatic nitrogens is 6. The van der Waals surface area contributed by atoms with E-state index in [0.29, 0.717) is 147 Å². The van der Waals surface area contributed by atoms with Gasteiger partial charge >= 0.3 is 5.97 Å². The molecule has 3 aromatic heterocycles. The molecular weight excluding hydrogens is 1260 g/mol. The summed E-state index contributed by atoms with van der Waals surface area (Å²) in [6.45, 7) is 12.3. The number of rotatable bonds is 36. The van der Waals surface area contributed by atoms with Crippen LogP contribution in [0.5, 0.6) is 0 Å². The molecule has 5 amide bonds. The normalized spacial score (nSPS) is 13.7. The second-order valence-corrected chi connectivity index (χ2v) is 23.6. The first-order valence-electron chi connectivity index (χ1n) is 32.3. The molecule has 0 unspecified atom stereocenters. The molecule has 4 aromatic carbocycles. The lowest BCUT2D eigenvalue weighted by Gasteiger charge is -2.36. The molecule has 2 fully saturated rings. The average Bonchev–Trinajstić information content (AvgIpc) is 1.57. The number of benzene rings is 4. The summed E-state index contributed by atoms with van der Waals surface area (Å²) in [5, 5.41) is 27.7. The lowest BCUT2D eigenvalue weighted by atomic mass is 9.88. The summed E-state index contributed by atoms with van der Waals surface area (Å²) < 4.78 is 52.6. The molecule has 6 N–H and O–H groups in total.